The Morgan fingerprint density at radius 1 is 1.86 bits per heavy atom. The van der Waals surface area contributed by atoms with Gasteiger partial charge in [-0.3, -0.25) is 4.98 Å². The van der Waals surface area contributed by atoms with Gasteiger partial charge in [0, 0.05) is 16.8 Å². The summed E-state index contributed by atoms with van der Waals surface area (Å²) in [5.41, 5.74) is 0. The second kappa shape index (κ2) is 2.07. The SMILES string of the molecule is [2H]c1cc([2H])c(Br)c([2H])n1. The maximum Gasteiger partial charge on any atom is 0.0852 e. The fourth-order valence-electron chi connectivity index (χ4n) is 0.242. The van der Waals surface area contributed by atoms with Crippen molar-refractivity contribution >= 4 is 15.9 Å². The number of hydrogen-bond donors (Lipinski definition) is 0. The first kappa shape index (κ1) is 2.27. The lowest BCUT2D eigenvalue weighted by atomic mass is 10.5. The van der Waals surface area contributed by atoms with Crippen LogP contribution in [0.4, 0.5) is 0 Å². The first-order valence-electron chi connectivity index (χ1n) is 3.21. The zero-order valence-corrected chi connectivity index (χ0v) is 4.99. The molecule has 1 heterocycles. The highest BCUT2D eigenvalue weighted by Crippen LogP contribution is 2.02. The number of nitrogens with zero attached hydrogens (tertiary/aromatic N) is 1. The molecule has 0 amide bonds. The Bertz CT molecular complexity index is 240. The molecule has 0 bridgehead atoms. The van der Waals surface area contributed by atoms with Crippen LogP contribution in [0.1, 0.15) is 4.11 Å². The molecular formula is C5H4BrN. The third-order valence-corrected chi connectivity index (χ3v) is 0.888. The minimum atomic E-state index is -0.0579. The topological polar surface area (TPSA) is 12.9 Å². The Morgan fingerprint density at radius 2 is 2.71 bits per heavy atom. The molecule has 0 spiro atoms. The van der Waals surface area contributed by atoms with Crippen LogP contribution in [0.3, 0.4) is 0 Å². The minimum Gasteiger partial charge on any atom is -0.264 e. The van der Waals surface area contributed by atoms with E-state index in [0.29, 0.717) is 4.47 Å². The maximum absolute atomic E-state index is 7.17. The van der Waals surface area contributed by atoms with Crippen molar-refractivity contribution in [3.05, 3.63) is 28.9 Å². The van der Waals surface area contributed by atoms with Gasteiger partial charge in [-0.05, 0) is 28.0 Å². The smallest absolute Gasteiger partial charge is 0.0852 e. The highest BCUT2D eigenvalue weighted by atomic mass is 79.9. The first-order valence-corrected chi connectivity index (χ1v) is 2.51. The molecule has 0 aliphatic heterocycles. The van der Waals surface area contributed by atoms with Gasteiger partial charge in [-0.25, -0.2) is 0 Å². The molecule has 7 heavy (non-hydrogen) atoms. The highest BCUT2D eigenvalue weighted by molar-refractivity contribution is 9.10. The number of rotatable bonds is 0. The number of aromatic nitrogens is 1. The molecule has 1 aromatic rings. The molecule has 0 radical (unpaired) electrons. The normalized spacial score (nSPS) is 14.7. The van der Waals surface area contributed by atoms with Gasteiger partial charge in [0.25, 0.3) is 0 Å². The van der Waals surface area contributed by atoms with E-state index in [4.69, 9.17) is 4.11 Å². The molecule has 2 heteroatoms. The van der Waals surface area contributed by atoms with Crippen LogP contribution in [0.2, 0.25) is 0 Å². The molecule has 1 aromatic heterocycles. The summed E-state index contributed by atoms with van der Waals surface area (Å²) >= 11 is 2.99. The van der Waals surface area contributed by atoms with Crippen molar-refractivity contribution in [3.63, 3.8) is 0 Å². The molecule has 0 saturated heterocycles. The maximum atomic E-state index is 7.17. The van der Waals surface area contributed by atoms with Gasteiger partial charge in [0.05, 0.1) is 4.11 Å². The van der Waals surface area contributed by atoms with Crippen LogP contribution in [0.15, 0.2) is 28.9 Å². The average molecular weight is 161 g/mol. The molecule has 1 rings (SSSR count). The number of halogens is 1. The van der Waals surface area contributed by atoms with E-state index in [0.717, 1.165) is 0 Å². The second-order valence-corrected chi connectivity index (χ2v) is 1.75. The molecule has 0 aromatic carbocycles. The number of pyridine rings is 1. The zero-order chi connectivity index (χ0) is 7.72. The predicted octanol–water partition coefficient (Wildman–Crippen LogP) is 1.84. The Morgan fingerprint density at radius 3 is 3.43 bits per heavy atom. The van der Waals surface area contributed by atoms with Crippen molar-refractivity contribution in [2.75, 3.05) is 0 Å². The molecule has 0 aliphatic carbocycles. The average Bonchev–Trinajstić information content (AvgIpc) is 1.82. The summed E-state index contributed by atoms with van der Waals surface area (Å²) in [6.07, 6.45) is -0.101. The van der Waals surface area contributed by atoms with Gasteiger partial charge in [0.1, 0.15) is 0 Å². The Kier molecular flexibility index (Phi) is 0.671. The van der Waals surface area contributed by atoms with Crippen molar-refractivity contribution in [1.82, 2.24) is 4.98 Å². The van der Waals surface area contributed by atoms with Crippen LogP contribution >= 0.6 is 15.9 Å². The van der Waals surface area contributed by atoms with Crippen molar-refractivity contribution < 1.29 is 4.11 Å². The largest absolute Gasteiger partial charge is 0.264 e. The molecule has 0 fully saturated rings. The summed E-state index contributed by atoms with van der Waals surface area (Å²) in [5.74, 6) is 0. The van der Waals surface area contributed by atoms with Crippen molar-refractivity contribution in [2.24, 2.45) is 0 Å². The van der Waals surface area contributed by atoms with Gasteiger partial charge < -0.3 is 0 Å². The van der Waals surface area contributed by atoms with E-state index in [1.165, 1.54) is 6.07 Å². The molecule has 0 saturated carbocycles. The van der Waals surface area contributed by atoms with Gasteiger partial charge in [0.15, 0.2) is 0 Å². The third kappa shape index (κ3) is 1.27. The third-order valence-electron chi connectivity index (χ3n) is 0.482. The van der Waals surface area contributed by atoms with E-state index in [2.05, 4.69) is 20.9 Å². The van der Waals surface area contributed by atoms with Gasteiger partial charge in [-0.2, -0.15) is 0 Å². The zero-order valence-electron chi connectivity index (χ0n) is 6.40. The molecule has 0 N–H and O–H groups in total. The van der Waals surface area contributed by atoms with Crippen LogP contribution < -0.4 is 0 Å². The van der Waals surface area contributed by atoms with Crippen molar-refractivity contribution in [1.29, 1.82) is 0 Å². The van der Waals surface area contributed by atoms with Crippen molar-refractivity contribution in [2.45, 2.75) is 0 Å². The Hall–Kier alpha value is -0.370. The summed E-state index contributed by atoms with van der Waals surface area (Å²) in [5, 5.41) is 0. The molecule has 0 unspecified atom stereocenters. The molecule has 0 atom stereocenters. The first-order chi connectivity index (χ1) is 4.61. The predicted molar refractivity (Wildman–Crippen MR) is 31.9 cm³/mol. The summed E-state index contributed by atoms with van der Waals surface area (Å²) < 4.78 is 21.6. The fourth-order valence-corrected chi connectivity index (χ4v) is 0.445. The molecule has 1 nitrogen and oxygen atoms in total. The van der Waals surface area contributed by atoms with Crippen LogP contribution in [-0.4, -0.2) is 4.98 Å². The van der Waals surface area contributed by atoms with E-state index in [9.17, 15) is 0 Å². The van der Waals surface area contributed by atoms with E-state index < -0.39 is 0 Å². The van der Waals surface area contributed by atoms with Gasteiger partial charge in [0.2, 0.25) is 0 Å². The molecule has 36 valence electrons. The fraction of sp³-hybridized carbons (Fsp3) is 0. The lowest BCUT2D eigenvalue weighted by Gasteiger charge is -1.80. The highest BCUT2D eigenvalue weighted by Gasteiger charge is 1.75. The van der Waals surface area contributed by atoms with E-state index >= 15 is 0 Å². The number of hydrogen-bond acceptors (Lipinski definition) is 1. The van der Waals surface area contributed by atoms with Gasteiger partial charge >= 0.3 is 0 Å². The minimum absolute atomic E-state index is 0.0433. The van der Waals surface area contributed by atoms with Crippen LogP contribution in [0.5, 0.6) is 0 Å². The summed E-state index contributed by atoms with van der Waals surface area (Å²) in [4.78, 5) is 3.50. The lowest BCUT2D eigenvalue weighted by molar-refractivity contribution is 1.31. The summed E-state index contributed by atoms with van der Waals surface area (Å²) in [6, 6.07) is 1.41. The Balaban J connectivity index is 3.31. The van der Waals surface area contributed by atoms with Gasteiger partial charge in [-0.15, -0.1) is 0 Å². The molecule has 0 aliphatic rings. The van der Waals surface area contributed by atoms with Gasteiger partial charge in [-0.1, -0.05) is 0 Å². The standard InChI is InChI=1S/C5H4BrN/c6-5-2-1-3-7-4-5/h1-4H/i2D,3D,4D. The Labute approximate surface area is 54.7 Å². The van der Waals surface area contributed by atoms with Crippen molar-refractivity contribution in [3.8, 4) is 0 Å². The van der Waals surface area contributed by atoms with E-state index in [-0.39, 0.29) is 18.4 Å². The monoisotopic (exact) mass is 160 g/mol. The lowest BCUT2D eigenvalue weighted by Crippen LogP contribution is -1.64. The molecular weight excluding hydrogens is 154 g/mol. The summed E-state index contributed by atoms with van der Waals surface area (Å²) in [7, 11) is 0. The van der Waals surface area contributed by atoms with Crippen LogP contribution in [0.25, 0.3) is 0 Å². The second-order valence-electron chi connectivity index (χ2n) is 0.955. The van der Waals surface area contributed by atoms with E-state index in [1.54, 1.807) is 0 Å². The van der Waals surface area contributed by atoms with Crippen LogP contribution in [-0.2, 0) is 0 Å². The quantitative estimate of drug-likeness (QED) is 0.565. The van der Waals surface area contributed by atoms with E-state index in [1.807, 2.05) is 0 Å². The van der Waals surface area contributed by atoms with Crippen LogP contribution in [0, 0.1) is 0 Å². The summed E-state index contributed by atoms with van der Waals surface area (Å²) in [6.45, 7) is 0.